The summed E-state index contributed by atoms with van der Waals surface area (Å²) in [6.07, 6.45) is 2.20. The summed E-state index contributed by atoms with van der Waals surface area (Å²) in [7, 11) is 0. The van der Waals surface area contributed by atoms with Gasteiger partial charge >= 0.3 is 0 Å². The van der Waals surface area contributed by atoms with Crippen molar-refractivity contribution in [1.29, 1.82) is 0 Å². The fourth-order valence-electron chi connectivity index (χ4n) is 2.28. The zero-order chi connectivity index (χ0) is 17.9. The van der Waals surface area contributed by atoms with Gasteiger partial charge in [-0.25, -0.2) is 14.0 Å². The molecule has 0 radical (unpaired) electrons. The van der Waals surface area contributed by atoms with E-state index in [1.807, 2.05) is 0 Å². The maximum absolute atomic E-state index is 13.3. The predicted molar refractivity (Wildman–Crippen MR) is 98.7 cm³/mol. The molecule has 8 nitrogen and oxygen atoms in total. The zero-order valence-corrected chi connectivity index (χ0v) is 15.5. The van der Waals surface area contributed by atoms with Gasteiger partial charge in [0, 0.05) is 30.6 Å². The van der Waals surface area contributed by atoms with Crippen molar-refractivity contribution in [1.82, 2.24) is 15.0 Å². The number of nitrogens with one attached hydrogen (secondary N) is 2. The van der Waals surface area contributed by atoms with Gasteiger partial charge in [0.2, 0.25) is 5.82 Å². The molecule has 134 valence electrons. The van der Waals surface area contributed by atoms with Gasteiger partial charge in [-0.05, 0) is 57.3 Å². The molecule has 25 heavy (non-hydrogen) atoms. The molecule has 11 heteroatoms. The zero-order valence-electron chi connectivity index (χ0n) is 13.1. The highest BCUT2D eigenvalue weighted by Crippen LogP contribution is 2.45. The third kappa shape index (κ3) is 4.48. The van der Waals surface area contributed by atoms with Crippen LogP contribution in [-0.4, -0.2) is 29.2 Å². The van der Waals surface area contributed by atoms with Crippen molar-refractivity contribution >= 4 is 45.4 Å². The summed E-state index contributed by atoms with van der Waals surface area (Å²) >= 11 is 4.22. The summed E-state index contributed by atoms with van der Waals surface area (Å²) in [4.78, 5) is 4.24. The largest absolute Gasteiger partial charge is 0.382 e. The highest BCUT2D eigenvalue weighted by atomic mass is 79.9. The summed E-state index contributed by atoms with van der Waals surface area (Å²) in [5.41, 5.74) is 6.96. The number of aliphatic imine (C=N–C) groups is 1. The van der Waals surface area contributed by atoms with Crippen LogP contribution in [-0.2, 0) is 0 Å². The molecule has 0 aliphatic heterocycles. The first-order chi connectivity index (χ1) is 12.0. The van der Waals surface area contributed by atoms with E-state index in [1.54, 1.807) is 0 Å². The fourth-order valence-corrected chi connectivity index (χ4v) is 3.03. The second kappa shape index (κ2) is 7.68. The summed E-state index contributed by atoms with van der Waals surface area (Å²) in [5, 5.41) is 16.3. The van der Waals surface area contributed by atoms with Crippen LogP contribution in [0.1, 0.15) is 18.5 Å². The fraction of sp³-hybridized carbons (Fsp3) is 0.357. The van der Waals surface area contributed by atoms with Crippen LogP contribution in [0.4, 0.5) is 15.9 Å². The number of benzene rings is 1. The Morgan fingerprint density at radius 3 is 2.88 bits per heavy atom. The molecule has 1 heterocycles. The van der Waals surface area contributed by atoms with Crippen LogP contribution in [0.15, 0.2) is 32.3 Å². The van der Waals surface area contributed by atoms with Crippen LogP contribution in [0.5, 0.6) is 0 Å². The summed E-state index contributed by atoms with van der Waals surface area (Å²) in [6.45, 7) is 1.49. The van der Waals surface area contributed by atoms with E-state index < -0.39 is 0 Å². The number of nitrogens with two attached hydrogens (primary N) is 2. The van der Waals surface area contributed by atoms with Crippen LogP contribution in [0.3, 0.4) is 0 Å². The predicted octanol–water partition coefficient (Wildman–Crippen LogP) is 2.31. The molecular formula is C14H17BrFN7OS. The second-order valence-electron chi connectivity index (χ2n) is 5.85. The van der Waals surface area contributed by atoms with Gasteiger partial charge in [-0.3, -0.25) is 9.86 Å². The quantitative estimate of drug-likeness (QED) is 0.286. The van der Waals surface area contributed by atoms with Gasteiger partial charge in [-0.2, -0.15) is 0 Å². The van der Waals surface area contributed by atoms with Crippen molar-refractivity contribution in [2.45, 2.75) is 12.8 Å². The molecule has 6 N–H and O–H groups in total. The highest BCUT2D eigenvalue weighted by Gasteiger charge is 2.42. The first kappa shape index (κ1) is 18.1. The molecule has 0 bridgehead atoms. The molecule has 1 aromatic heterocycles. The first-order valence-corrected chi connectivity index (χ1v) is 9.15. The number of amidine groups is 1. The standard InChI is InChI=1S/C14H17BrFN7OS/c15-9-5-8(1-2-10(9)16)21-12(17)11-13(23-24-22-11)19-6-14(3-4-14)7-20-25-18/h1-2,5,20H,3-4,6-7,18H2,(H2,17,21)(H,19,23). The van der Waals surface area contributed by atoms with E-state index in [1.165, 1.54) is 18.2 Å². The normalized spacial score (nSPS) is 16.0. The molecule has 1 fully saturated rings. The van der Waals surface area contributed by atoms with Crippen molar-refractivity contribution in [3.8, 4) is 0 Å². The summed E-state index contributed by atoms with van der Waals surface area (Å²) in [5.74, 6) is 0.179. The Kier molecular flexibility index (Phi) is 5.57. The van der Waals surface area contributed by atoms with Crippen molar-refractivity contribution in [3.05, 3.63) is 34.2 Å². The Balaban J connectivity index is 1.70. The van der Waals surface area contributed by atoms with Crippen LogP contribution < -0.4 is 20.9 Å². The van der Waals surface area contributed by atoms with Crippen molar-refractivity contribution in [2.24, 2.45) is 21.3 Å². The van der Waals surface area contributed by atoms with Gasteiger partial charge in [-0.1, -0.05) is 0 Å². The van der Waals surface area contributed by atoms with E-state index in [-0.39, 0.29) is 17.1 Å². The SMILES string of the molecule is NSNCC1(CNc2nonc2C(N)=Nc2ccc(F)c(Br)c2)CC1. The molecule has 0 amide bonds. The molecule has 1 aliphatic rings. The average molecular weight is 430 g/mol. The molecule has 3 rings (SSSR count). The molecular weight excluding hydrogens is 413 g/mol. The molecule has 0 spiro atoms. The van der Waals surface area contributed by atoms with E-state index in [9.17, 15) is 4.39 Å². The smallest absolute Gasteiger partial charge is 0.202 e. The van der Waals surface area contributed by atoms with Crippen molar-refractivity contribution < 1.29 is 9.02 Å². The third-order valence-corrected chi connectivity index (χ3v) is 4.92. The highest BCUT2D eigenvalue weighted by molar-refractivity contribution is 9.10. The number of hydrogen-bond donors (Lipinski definition) is 4. The third-order valence-electron chi connectivity index (χ3n) is 4.00. The number of nitrogens with zero attached hydrogens (tertiary/aromatic N) is 3. The molecule has 0 saturated heterocycles. The van der Waals surface area contributed by atoms with Crippen LogP contribution in [0, 0.1) is 11.2 Å². The average Bonchev–Trinajstić information content (AvgIpc) is 3.21. The van der Waals surface area contributed by atoms with Crippen LogP contribution in [0.2, 0.25) is 0 Å². The van der Waals surface area contributed by atoms with Crippen molar-refractivity contribution in [2.75, 3.05) is 18.4 Å². The Morgan fingerprint density at radius 2 is 2.20 bits per heavy atom. The van der Waals surface area contributed by atoms with Gasteiger partial charge in [0.25, 0.3) is 0 Å². The van der Waals surface area contributed by atoms with E-state index in [4.69, 9.17) is 15.5 Å². The van der Waals surface area contributed by atoms with Gasteiger partial charge in [-0.15, -0.1) is 0 Å². The van der Waals surface area contributed by atoms with Gasteiger partial charge in [0.1, 0.15) is 5.82 Å². The minimum atomic E-state index is -0.373. The second-order valence-corrected chi connectivity index (χ2v) is 7.23. The van der Waals surface area contributed by atoms with Crippen molar-refractivity contribution in [3.63, 3.8) is 0 Å². The van der Waals surface area contributed by atoms with E-state index >= 15 is 0 Å². The summed E-state index contributed by atoms with van der Waals surface area (Å²) in [6, 6.07) is 4.34. The minimum Gasteiger partial charge on any atom is -0.382 e. The Morgan fingerprint density at radius 1 is 1.40 bits per heavy atom. The van der Waals surface area contributed by atoms with Gasteiger partial charge < -0.3 is 11.1 Å². The van der Waals surface area contributed by atoms with Crippen LogP contribution in [0.25, 0.3) is 0 Å². The molecule has 1 aromatic carbocycles. The Bertz CT molecular complexity index is 780. The Hall–Kier alpha value is -1.69. The molecule has 0 unspecified atom stereocenters. The lowest BCUT2D eigenvalue weighted by molar-refractivity contribution is 0.307. The minimum absolute atomic E-state index is 0.128. The molecule has 1 aliphatic carbocycles. The number of anilines is 1. The van der Waals surface area contributed by atoms with E-state index in [0.717, 1.165) is 31.5 Å². The van der Waals surface area contributed by atoms with Crippen LogP contribution >= 0.6 is 28.1 Å². The van der Waals surface area contributed by atoms with E-state index in [0.29, 0.717) is 28.2 Å². The maximum Gasteiger partial charge on any atom is 0.202 e. The molecule has 2 aromatic rings. The molecule has 1 saturated carbocycles. The first-order valence-electron chi connectivity index (χ1n) is 7.48. The van der Waals surface area contributed by atoms with Gasteiger partial charge in [0.05, 0.1) is 10.2 Å². The maximum atomic E-state index is 13.3. The number of rotatable bonds is 8. The number of hydrogen-bond acceptors (Lipinski definition) is 8. The van der Waals surface area contributed by atoms with Gasteiger partial charge in [0.15, 0.2) is 11.5 Å². The lowest BCUT2D eigenvalue weighted by Gasteiger charge is -2.15. The Labute approximate surface area is 156 Å². The number of aromatic nitrogens is 2. The number of halogens is 2. The topological polar surface area (TPSA) is 127 Å². The molecule has 0 atom stereocenters. The monoisotopic (exact) mass is 429 g/mol. The van der Waals surface area contributed by atoms with E-state index in [2.05, 4.69) is 41.3 Å². The summed E-state index contributed by atoms with van der Waals surface area (Å²) < 4.78 is 21.5. The lowest BCUT2D eigenvalue weighted by atomic mass is 10.1. The lowest BCUT2D eigenvalue weighted by Crippen LogP contribution is -2.27.